The minimum absolute atomic E-state index is 0.0940. The molecule has 0 fully saturated rings. The number of halogens is 1. The van der Waals surface area contributed by atoms with Gasteiger partial charge in [-0.25, -0.2) is 0 Å². The zero-order valence-corrected chi connectivity index (χ0v) is 18.6. The topological polar surface area (TPSA) is 129 Å². The second-order valence-corrected chi connectivity index (χ2v) is 7.97. The smallest absolute Gasteiger partial charge is 0.270 e. The number of hydrogen-bond donors (Lipinski definition) is 3. The van der Waals surface area contributed by atoms with Crippen LogP contribution in [0.25, 0.3) is 10.9 Å². The van der Waals surface area contributed by atoms with Gasteiger partial charge in [-0.15, -0.1) is 11.6 Å². The van der Waals surface area contributed by atoms with Gasteiger partial charge in [-0.1, -0.05) is 32.0 Å². The van der Waals surface area contributed by atoms with Gasteiger partial charge in [-0.05, 0) is 24.5 Å². The molecule has 0 saturated heterocycles. The summed E-state index contributed by atoms with van der Waals surface area (Å²) in [5.41, 5.74) is 8.80. The summed E-state index contributed by atoms with van der Waals surface area (Å²) >= 11 is 5.61. The number of carbonyl (C=O) groups excluding carboxylic acids is 4. The molecule has 4 N–H and O–H groups in total. The number of aromatic nitrogens is 1. The van der Waals surface area contributed by atoms with Crippen molar-refractivity contribution in [3.8, 4) is 0 Å². The lowest BCUT2D eigenvalue weighted by atomic mass is 10.0. The zero-order valence-electron chi connectivity index (χ0n) is 17.9. The molecule has 0 aliphatic rings. The molecule has 168 valence electrons. The molecule has 2 rings (SSSR count). The molecule has 0 aliphatic heterocycles. The van der Waals surface area contributed by atoms with Gasteiger partial charge >= 0.3 is 0 Å². The van der Waals surface area contributed by atoms with Crippen LogP contribution < -0.4 is 11.2 Å². The van der Waals surface area contributed by atoms with Crippen LogP contribution in [0.3, 0.4) is 0 Å². The van der Waals surface area contributed by atoms with Crippen molar-refractivity contribution >= 4 is 46.1 Å². The molecule has 0 saturated carbocycles. The van der Waals surface area contributed by atoms with Gasteiger partial charge in [0.2, 0.25) is 5.91 Å². The molecule has 10 heteroatoms. The number of H-pyrrole nitrogens is 1. The number of aromatic amines is 1. The molecular formula is C21H28ClN5O4. The summed E-state index contributed by atoms with van der Waals surface area (Å²) in [6.07, 6.45) is 0.231. The Labute approximate surface area is 185 Å². The first-order valence-corrected chi connectivity index (χ1v) is 10.5. The van der Waals surface area contributed by atoms with E-state index in [4.69, 9.17) is 17.3 Å². The summed E-state index contributed by atoms with van der Waals surface area (Å²) in [5, 5.41) is 1.85. The summed E-state index contributed by atoms with van der Waals surface area (Å²) < 4.78 is 0. The lowest BCUT2D eigenvalue weighted by Crippen LogP contribution is -2.55. The van der Waals surface area contributed by atoms with E-state index in [1.807, 2.05) is 38.1 Å². The van der Waals surface area contributed by atoms with Crippen LogP contribution in [0.1, 0.15) is 37.2 Å². The second-order valence-electron chi connectivity index (χ2n) is 7.70. The summed E-state index contributed by atoms with van der Waals surface area (Å²) in [6.45, 7) is 3.74. The molecule has 0 radical (unpaired) electrons. The largest absolute Gasteiger partial charge is 0.370 e. The minimum atomic E-state index is -0.849. The molecule has 0 spiro atoms. The lowest BCUT2D eigenvalue weighted by molar-refractivity contribution is -0.142. The highest BCUT2D eigenvalue weighted by Gasteiger charge is 2.31. The fourth-order valence-electron chi connectivity index (χ4n) is 3.15. The third-order valence-corrected chi connectivity index (χ3v) is 5.02. The monoisotopic (exact) mass is 449 g/mol. The highest BCUT2D eigenvalue weighted by Crippen LogP contribution is 2.18. The van der Waals surface area contributed by atoms with Gasteiger partial charge in [-0.3, -0.25) is 29.6 Å². The maximum atomic E-state index is 13.1. The quantitative estimate of drug-likeness (QED) is 0.397. The van der Waals surface area contributed by atoms with E-state index in [-0.39, 0.29) is 30.7 Å². The maximum absolute atomic E-state index is 13.1. The van der Waals surface area contributed by atoms with Gasteiger partial charge in [0.25, 0.3) is 17.7 Å². The van der Waals surface area contributed by atoms with Crippen molar-refractivity contribution in [3.05, 3.63) is 36.0 Å². The average Bonchev–Trinajstić information content (AvgIpc) is 3.17. The van der Waals surface area contributed by atoms with Crippen LogP contribution in [-0.2, 0) is 14.4 Å². The van der Waals surface area contributed by atoms with Crippen molar-refractivity contribution in [1.82, 2.24) is 20.3 Å². The van der Waals surface area contributed by atoms with E-state index in [1.165, 1.54) is 11.9 Å². The molecule has 1 heterocycles. The Kier molecular flexibility index (Phi) is 8.44. The number of carbonyl (C=O) groups is 4. The third kappa shape index (κ3) is 6.45. The highest BCUT2D eigenvalue weighted by atomic mass is 35.5. The number of amides is 4. The van der Waals surface area contributed by atoms with Crippen molar-refractivity contribution in [2.75, 3.05) is 19.5 Å². The Morgan fingerprint density at radius 1 is 1.19 bits per heavy atom. The molecule has 2 aromatic rings. The van der Waals surface area contributed by atoms with E-state index in [1.54, 1.807) is 6.07 Å². The SMILES string of the molecule is CC(C)C[C@@H](C(=O)NN(CCC(N)=O)C(=O)CCl)N(C)C(=O)c1cc2ccccc2[nH]1. The molecule has 4 amide bonds. The van der Waals surface area contributed by atoms with Gasteiger partial charge in [0.1, 0.15) is 17.6 Å². The number of nitrogens with two attached hydrogens (primary N) is 1. The molecule has 9 nitrogen and oxygen atoms in total. The molecule has 0 bridgehead atoms. The first kappa shape index (κ1) is 24.2. The number of rotatable bonds is 9. The molecule has 0 unspecified atom stereocenters. The summed E-state index contributed by atoms with van der Waals surface area (Å²) in [4.78, 5) is 53.7. The van der Waals surface area contributed by atoms with Crippen LogP contribution in [0.15, 0.2) is 30.3 Å². The van der Waals surface area contributed by atoms with E-state index < -0.39 is 23.8 Å². The summed E-state index contributed by atoms with van der Waals surface area (Å²) in [5.74, 6) is -2.39. The molecule has 31 heavy (non-hydrogen) atoms. The van der Waals surface area contributed by atoms with Crippen LogP contribution in [0.4, 0.5) is 0 Å². The van der Waals surface area contributed by atoms with Gasteiger partial charge in [0, 0.05) is 24.4 Å². The van der Waals surface area contributed by atoms with Crippen LogP contribution in [0, 0.1) is 5.92 Å². The van der Waals surface area contributed by atoms with Crippen molar-refractivity contribution in [2.24, 2.45) is 11.7 Å². The molecule has 1 atom stereocenters. The van der Waals surface area contributed by atoms with E-state index in [2.05, 4.69) is 10.4 Å². The standard InChI is InChI=1S/C21H28ClN5O4/c1-13(2)10-17(20(30)25-27(19(29)12-22)9-8-18(23)28)26(3)21(31)16-11-14-6-4-5-7-15(14)24-16/h4-7,11,13,17,24H,8-10,12H2,1-3H3,(H2,23,28)(H,25,30)/t17-/m0/s1. The Bertz CT molecular complexity index is 925. The Balaban J connectivity index is 2.23. The fourth-order valence-corrected chi connectivity index (χ4v) is 3.30. The van der Waals surface area contributed by atoms with Crippen LogP contribution >= 0.6 is 11.6 Å². The first-order valence-electron chi connectivity index (χ1n) is 9.94. The molecule has 0 aliphatic carbocycles. The normalized spacial score (nSPS) is 11.9. The highest BCUT2D eigenvalue weighted by molar-refractivity contribution is 6.27. The van der Waals surface area contributed by atoms with Crippen LogP contribution in [-0.4, -0.2) is 64.0 Å². The van der Waals surface area contributed by atoms with Crippen molar-refractivity contribution in [3.63, 3.8) is 0 Å². The van der Waals surface area contributed by atoms with E-state index in [9.17, 15) is 19.2 Å². The van der Waals surface area contributed by atoms with E-state index in [0.717, 1.165) is 15.9 Å². The number of nitrogens with one attached hydrogen (secondary N) is 2. The van der Waals surface area contributed by atoms with Gasteiger partial charge < -0.3 is 15.6 Å². The van der Waals surface area contributed by atoms with Gasteiger partial charge in [0.05, 0.1) is 6.54 Å². The average molecular weight is 450 g/mol. The Morgan fingerprint density at radius 3 is 2.45 bits per heavy atom. The number of benzene rings is 1. The number of nitrogens with zero attached hydrogens (tertiary/aromatic N) is 2. The predicted molar refractivity (Wildman–Crippen MR) is 118 cm³/mol. The number of likely N-dealkylation sites (N-methyl/N-ethyl adjacent to an activating group) is 1. The van der Waals surface area contributed by atoms with Crippen LogP contribution in [0.2, 0.25) is 0 Å². The number of fused-ring (bicyclic) bond motifs is 1. The third-order valence-electron chi connectivity index (χ3n) is 4.79. The lowest BCUT2D eigenvalue weighted by Gasteiger charge is -2.31. The number of hydrazine groups is 1. The van der Waals surface area contributed by atoms with E-state index in [0.29, 0.717) is 12.1 Å². The molecular weight excluding hydrogens is 422 g/mol. The molecule has 1 aromatic heterocycles. The maximum Gasteiger partial charge on any atom is 0.270 e. The molecule has 1 aromatic carbocycles. The Morgan fingerprint density at radius 2 is 1.87 bits per heavy atom. The van der Waals surface area contributed by atoms with E-state index >= 15 is 0 Å². The minimum Gasteiger partial charge on any atom is -0.370 e. The zero-order chi connectivity index (χ0) is 23.1. The number of alkyl halides is 1. The number of primary amides is 1. The number of hydrogen-bond acceptors (Lipinski definition) is 4. The Hall–Kier alpha value is -3.07. The first-order chi connectivity index (χ1) is 14.6. The number of para-hydroxylation sites is 1. The van der Waals surface area contributed by atoms with Crippen molar-refractivity contribution < 1.29 is 19.2 Å². The fraction of sp³-hybridized carbons (Fsp3) is 0.429. The summed E-state index contributed by atoms with van der Waals surface area (Å²) in [7, 11) is 1.54. The predicted octanol–water partition coefficient (Wildman–Crippen LogP) is 1.63. The van der Waals surface area contributed by atoms with Gasteiger partial charge in [0.15, 0.2) is 0 Å². The van der Waals surface area contributed by atoms with Crippen LogP contribution in [0.5, 0.6) is 0 Å². The van der Waals surface area contributed by atoms with Crippen molar-refractivity contribution in [2.45, 2.75) is 32.7 Å². The summed E-state index contributed by atoms with van der Waals surface area (Å²) in [6, 6.07) is 8.36. The second kappa shape index (κ2) is 10.8. The van der Waals surface area contributed by atoms with Crippen molar-refractivity contribution in [1.29, 1.82) is 0 Å². The van der Waals surface area contributed by atoms with Gasteiger partial charge in [-0.2, -0.15) is 0 Å².